The summed E-state index contributed by atoms with van der Waals surface area (Å²) in [6.45, 7) is 1.99. The molecule has 11 nitrogen and oxygen atoms in total. The lowest BCUT2D eigenvalue weighted by Crippen LogP contribution is -2.67. The molecule has 1 saturated heterocycles. The second kappa shape index (κ2) is 10.8. The smallest absolute Gasteiger partial charge is 0.419 e. The molecule has 2 unspecified atom stereocenters. The molecule has 43 heavy (non-hydrogen) atoms. The van der Waals surface area contributed by atoms with Gasteiger partial charge in [-0.05, 0) is 50.2 Å². The lowest BCUT2D eigenvalue weighted by atomic mass is 9.75. The van der Waals surface area contributed by atoms with Gasteiger partial charge in [-0.25, -0.2) is 19.0 Å². The maximum absolute atomic E-state index is 14.4. The Labute approximate surface area is 242 Å². The zero-order valence-electron chi connectivity index (χ0n) is 23.3. The van der Waals surface area contributed by atoms with E-state index in [1.165, 1.54) is 43.1 Å². The number of nitrogens with zero attached hydrogens (tertiary/aromatic N) is 4. The number of nitrogens with one attached hydrogen (secondary N) is 2. The van der Waals surface area contributed by atoms with Crippen molar-refractivity contribution in [1.29, 1.82) is 0 Å². The van der Waals surface area contributed by atoms with Crippen LogP contribution in [-0.2, 0) is 15.1 Å². The first kappa shape index (κ1) is 29.7. The van der Waals surface area contributed by atoms with Crippen LogP contribution in [0.3, 0.4) is 0 Å². The molecule has 2 atom stereocenters. The Kier molecular flexibility index (Phi) is 7.46. The molecule has 1 aliphatic rings. The lowest BCUT2D eigenvalue weighted by molar-refractivity contribution is -0.380. The summed E-state index contributed by atoms with van der Waals surface area (Å²) >= 11 is 0. The van der Waals surface area contributed by atoms with Crippen molar-refractivity contribution in [3.05, 3.63) is 71.4 Å². The van der Waals surface area contributed by atoms with Gasteiger partial charge in [-0.3, -0.25) is 9.59 Å². The average molecular weight is 602 g/mol. The number of alkyl halides is 3. The number of aryl methyl sites for hydroxylation is 1. The predicted molar refractivity (Wildman–Crippen MR) is 146 cm³/mol. The third-order valence-electron chi connectivity index (χ3n) is 7.15. The fourth-order valence-electron chi connectivity index (χ4n) is 5.18. The highest BCUT2D eigenvalue weighted by molar-refractivity contribution is 5.97. The third-order valence-corrected chi connectivity index (χ3v) is 7.15. The summed E-state index contributed by atoms with van der Waals surface area (Å²) < 4.78 is 69.5. The van der Waals surface area contributed by atoms with E-state index < -0.39 is 48.0 Å². The van der Waals surface area contributed by atoms with E-state index in [9.17, 15) is 27.2 Å². The van der Waals surface area contributed by atoms with Crippen LogP contribution in [0.2, 0.25) is 0 Å². The van der Waals surface area contributed by atoms with E-state index in [-0.39, 0.29) is 40.7 Å². The van der Waals surface area contributed by atoms with Crippen LogP contribution in [0.5, 0.6) is 5.75 Å². The van der Waals surface area contributed by atoms with Crippen LogP contribution in [0, 0.1) is 12.7 Å². The number of fused-ring (bicyclic) bond motifs is 1. The molecule has 0 aliphatic carbocycles. The van der Waals surface area contributed by atoms with Crippen molar-refractivity contribution in [1.82, 2.24) is 25.1 Å². The van der Waals surface area contributed by atoms with Gasteiger partial charge in [0.15, 0.2) is 11.2 Å². The fourth-order valence-corrected chi connectivity index (χ4v) is 5.18. The van der Waals surface area contributed by atoms with Crippen LogP contribution < -0.4 is 21.1 Å². The maximum Gasteiger partial charge on any atom is 0.419 e. The summed E-state index contributed by atoms with van der Waals surface area (Å²) in [6, 6.07) is 9.89. The number of ether oxygens (including phenoxy) is 2. The molecule has 2 amide bonds. The van der Waals surface area contributed by atoms with Crippen LogP contribution in [0.15, 0.2) is 48.7 Å². The summed E-state index contributed by atoms with van der Waals surface area (Å²) in [5, 5.41) is 9.81. The van der Waals surface area contributed by atoms with Crippen molar-refractivity contribution in [2.24, 2.45) is 5.73 Å². The molecule has 1 aliphatic heterocycles. The average Bonchev–Trinajstić information content (AvgIpc) is 3.36. The van der Waals surface area contributed by atoms with Crippen LogP contribution in [0.25, 0.3) is 16.7 Å². The van der Waals surface area contributed by atoms with Crippen molar-refractivity contribution in [3.63, 3.8) is 0 Å². The number of benzene rings is 2. The number of amides is 2. The maximum atomic E-state index is 14.4. The number of primary amides is 1. The zero-order chi connectivity index (χ0) is 31.2. The Morgan fingerprint density at radius 1 is 1.19 bits per heavy atom. The van der Waals surface area contributed by atoms with Crippen molar-refractivity contribution in [2.75, 3.05) is 25.5 Å². The molecule has 3 heterocycles. The van der Waals surface area contributed by atoms with Gasteiger partial charge in [0.05, 0.1) is 43.1 Å². The summed E-state index contributed by atoms with van der Waals surface area (Å²) in [6.07, 6.45) is -3.89. The first-order chi connectivity index (χ1) is 20.2. The molecule has 2 aromatic carbocycles. The number of hydrogen-bond acceptors (Lipinski definition) is 8. The van der Waals surface area contributed by atoms with Gasteiger partial charge in [-0.15, -0.1) is 0 Å². The highest BCUT2D eigenvalue weighted by Crippen LogP contribution is 2.57. The minimum absolute atomic E-state index is 0.0910. The molecule has 4 aromatic rings. The van der Waals surface area contributed by atoms with E-state index in [1.807, 2.05) is 0 Å². The van der Waals surface area contributed by atoms with Crippen molar-refractivity contribution in [3.8, 4) is 11.4 Å². The Morgan fingerprint density at radius 2 is 1.93 bits per heavy atom. The SMILES string of the molecule is COc1ccc(F)cc1C1(C)CC(CNc2nc(C)nc3c2cnn3-c2cccc(C(=O)NCC(N)=O)c2)(C(F)(F)F)O1. The molecule has 0 saturated carbocycles. The summed E-state index contributed by atoms with van der Waals surface area (Å²) in [5.41, 5.74) is 2.12. The number of methoxy groups -OCH3 is 1. The van der Waals surface area contributed by atoms with Gasteiger partial charge in [0, 0.05) is 17.5 Å². The highest BCUT2D eigenvalue weighted by atomic mass is 19.4. The van der Waals surface area contributed by atoms with E-state index in [0.717, 1.165) is 12.1 Å². The van der Waals surface area contributed by atoms with Gasteiger partial charge >= 0.3 is 6.18 Å². The largest absolute Gasteiger partial charge is 0.496 e. The number of nitrogens with two attached hydrogens (primary N) is 1. The Hall–Kier alpha value is -4.79. The quantitative estimate of drug-likeness (QED) is 0.247. The Bertz CT molecular complexity index is 1720. The molecule has 1 fully saturated rings. The van der Waals surface area contributed by atoms with Crippen LogP contribution in [-0.4, -0.2) is 63.5 Å². The molecular formula is C28H27F4N7O4. The van der Waals surface area contributed by atoms with Crippen LogP contribution in [0.1, 0.15) is 35.1 Å². The van der Waals surface area contributed by atoms with Gasteiger partial charge in [-0.1, -0.05) is 6.07 Å². The standard InChI is InChI=1S/C28H27F4N7O4/c1-15-37-23(19-11-36-39(24(19)38-15)18-6-4-5-16(9-18)25(41)34-12-22(33)40)35-14-27(28(30,31)32)13-26(2,43-27)20-10-17(29)7-8-21(20)42-3/h4-11H,12-14H2,1-3H3,(H2,33,40)(H,34,41)(H,35,37,38). The minimum atomic E-state index is -4.78. The second-order valence-electron chi connectivity index (χ2n) is 10.3. The molecule has 15 heteroatoms. The summed E-state index contributed by atoms with van der Waals surface area (Å²) in [7, 11) is 1.34. The number of halogens is 4. The van der Waals surface area contributed by atoms with Crippen molar-refractivity contribution in [2.45, 2.75) is 37.6 Å². The minimum Gasteiger partial charge on any atom is -0.496 e. The molecule has 2 aromatic heterocycles. The monoisotopic (exact) mass is 601 g/mol. The summed E-state index contributed by atoms with van der Waals surface area (Å²) in [5.74, 6) is -1.32. The molecule has 0 radical (unpaired) electrons. The Morgan fingerprint density at radius 3 is 2.60 bits per heavy atom. The molecular weight excluding hydrogens is 574 g/mol. The van der Waals surface area contributed by atoms with Gasteiger partial charge in [0.1, 0.15) is 23.2 Å². The molecule has 226 valence electrons. The van der Waals surface area contributed by atoms with Gasteiger partial charge in [-0.2, -0.15) is 18.3 Å². The normalized spacial score (nSPS) is 20.0. The number of carbonyl (C=O) groups excluding carboxylic acids is 2. The number of aromatic nitrogens is 4. The van der Waals surface area contributed by atoms with Crippen LogP contribution >= 0.6 is 0 Å². The molecule has 4 N–H and O–H groups in total. The first-order valence-electron chi connectivity index (χ1n) is 13.0. The number of hydrogen-bond donors (Lipinski definition) is 3. The van der Waals surface area contributed by atoms with E-state index >= 15 is 0 Å². The molecule has 5 rings (SSSR count). The second-order valence-corrected chi connectivity index (χ2v) is 10.3. The van der Waals surface area contributed by atoms with E-state index in [0.29, 0.717) is 11.1 Å². The topological polar surface area (TPSA) is 146 Å². The van der Waals surface area contributed by atoms with Gasteiger partial charge in [0.25, 0.3) is 5.91 Å². The van der Waals surface area contributed by atoms with E-state index in [1.54, 1.807) is 19.1 Å². The Balaban J connectivity index is 1.42. The number of carbonyl (C=O) groups is 2. The molecule has 0 bridgehead atoms. The lowest BCUT2D eigenvalue weighted by Gasteiger charge is -2.55. The predicted octanol–water partition coefficient (Wildman–Crippen LogP) is 3.54. The van der Waals surface area contributed by atoms with Crippen LogP contribution in [0.4, 0.5) is 23.4 Å². The van der Waals surface area contributed by atoms with E-state index in [4.69, 9.17) is 15.2 Å². The number of anilines is 1. The van der Waals surface area contributed by atoms with Crippen molar-refractivity contribution >= 4 is 28.7 Å². The number of rotatable bonds is 9. The summed E-state index contributed by atoms with van der Waals surface area (Å²) in [4.78, 5) is 32.1. The third kappa shape index (κ3) is 5.55. The molecule has 0 spiro atoms. The zero-order valence-corrected chi connectivity index (χ0v) is 23.3. The van der Waals surface area contributed by atoms with Crippen molar-refractivity contribution < 1.29 is 36.6 Å². The highest BCUT2D eigenvalue weighted by Gasteiger charge is 2.68. The van der Waals surface area contributed by atoms with E-state index in [2.05, 4.69) is 25.7 Å². The first-order valence-corrected chi connectivity index (χ1v) is 13.0. The fraction of sp³-hybridized carbons (Fsp3) is 0.321. The van der Waals surface area contributed by atoms with Gasteiger partial charge < -0.3 is 25.8 Å². The van der Waals surface area contributed by atoms with Gasteiger partial charge in [0.2, 0.25) is 5.91 Å².